The maximum Gasteiger partial charge on any atom is 0.132 e. The lowest BCUT2D eigenvalue weighted by molar-refractivity contribution is -0.120. The molecular formula is C12H24O. The van der Waals surface area contributed by atoms with Gasteiger partial charge in [0, 0.05) is 5.92 Å². The molecule has 0 heterocycles. The monoisotopic (exact) mass is 184 g/mol. The first kappa shape index (κ1) is 12.7. The van der Waals surface area contributed by atoms with Crippen LogP contribution in [0.4, 0.5) is 0 Å². The van der Waals surface area contributed by atoms with Gasteiger partial charge in [0.05, 0.1) is 0 Å². The summed E-state index contributed by atoms with van der Waals surface area (Å²) in [7, 11) is 0. The molecule has 78 valence electrons. The van der Waals surface area contributed by atoms with Gasteiger partial charge in [-0.2, -0.15) is 0 Å². The molecule has 1 unspecified atom stereocenters. The van der Waals surface area contributed by atoms with Gasteiger partial charge in [-0.05, 0) is 13.3 Å². The zero-order chi connectivity index (χ0) is 10.1. The van der Waals surface area contributed by atoms with Gasteiger partial charge in [-0.3, -0.25) is 4.79 Å². The Hall–Kier alpha value is -0.330. The second-order valence-corrected chi connectivity index (χ2v) is 4.07. The van der Waals surface area contributed by atoms with Crippen LogP contribution in [-0.4, -0.2) is 5.78 Å². The molecule has 0 fully saturated rings. The van der Waals surface area contributed by atoms with Gasteiger partial charge in [0.15, 0.2) is 0 Å². The topological polar surface area (TPSA) is 17.1 Å². The Balaban J connectivity index is 3.11. The van der Waals surface area contributed by atoms with E-state index in [4.69, 9.17) is 0 Å². The number of unbranched alkanes of at least 4 members (excludes halogenated alkanes) is 5. The SMILES string of the molecule is CCCCCCCCC(C)C(C)=O. The average molecular weight is 184 g/mol. The van der Waals surface area contributed by atoms with Gasteiger partial charge in [0.25, 0.3) is 0 Å². The van der Waals surface area contributed by atoms with Crippen LogP contribution in [0, 0.1) is 5.92 Å². The summed E-state index contributed by atoms with van der Waals surface area (Å²) >= 11 is 0. The summed E-state index contributed by atoms with van der Waals surface area (Å²) in [6.45, 7) is 5.97. The first-order valence-corrected chi connectivity index (χ1v) is 5.69. The molecule has 0 spiro atoms. The van der Waals surface area contributed by atoms with Crippen molar-refractivity contribution in [3.8, 4) is 0 Å². The van der Waals surface area contributed by atoms with Crippen molar-refractivity contribution in [2.75, 3.05) is 0 Å². The smallest absolute Gasteiger partial charge is 0.132 e. The quantitative estimate of drug-likeness (QED) is 0.522. The van der Waals surface area contributed by atoms with Crippen LogP contribution in [0.3, 0.4) is 0 Å². The Kier molecular flexibility index (Phi) is 8.07. The number of hydrogen-bond acceptors (Lipinski definition) is 1. The normalized spacial score (nSPS) is 12.8. The number of carbonyl (C=O) groups is 1. The molecule has 0 aliphatic carbocycles. The van der Waals surface area contributed by atoms with Gasteiger partial charge >= 0.3 is 0 Å². The summed E-state index contributed by atoms with van der Waals surface area (Å²) in [5.74, 6) is 0.625. The van der Waals surface area contributed by atoms with E-state index >= 15 is 0 Å². The van der Waals surface area contributed by atoms with Crippen LogP contribution in [0.15, 0.2) is 0 Å². The Morgan fingerprint density at radius 3 is 2.15 bits per heavy atom. The van der Waals surface area contributed by atoms with E-state index in [1.165, 1.54) is 38.5 Å². The third-order valence-corrected chi connectivity index (χ3v) is 2.68. The molecule has 0 aromatic rings. The minimum absolute atomic E-state index is 0.283. The Labute approximate surface area is 82.9 Å². The molecule has 0 radical (unpaired) electrons. The average Bonchev–Trinajstić information content (AvgIpc) is 2.10. The van der Waals surface area contributed by atoms with Crippen LogP contribution in [-0.2, 0) is 4.79 Å². The van der Waals surface area contributed by atoms with Crippen LogP contribution in [0.25, 0.3) is 0 Å². The van der Waals surface area contributed by atoms with Gasteiger partial charge in [-0.15, -0.1) is 0 Å². The highest BCUT2D eigenvalue weighted by molar-refractivity contribution is 5.77. The van der Waals surface area contributed by atoms with E-state index in [0.29, 0.717) is 5.78 Å². The van der Waals surface area contributed by atoms with Crippen LogP contribution in [0.1, 0.15) is 65.7 Å². The van der Waals surface area contributed by atoms with Crippen LogP contribution >= 0.6 is 0 Å². The molecule has 0 saturated heterocycles. The predicted molar refractivity (Wildman–Crippen MR) is 57.8 cm³/mol. The van der Waals surface area contributed by atoms with Crippen molar-refractivity contribution in [1.82, 2.24) is 0 Å². The zero-order valence-corrected chi connectivity index (χ0v) is 9.44. The minimum atomic E-state index is 0.283. The molecule has 0 aromatic heterocycles. The van der Waals surface area contributed by atoms with E-state index in [-0.39, 0.29) is 5.92 Å². The van der Waals surface area contributed by atoms with Crippen molar-refractivity contribution >= 4 is 5.78 Å². The van der Waals surface area contributed by atoms with E-state index in [2.05, 4.69) is 6.92 Å². The molecule has 1 heteroatoms. The molecule has 0 bridgehead atoms. The van der Waals surface area contributed by atoms with Crippen LogP contribution < -0.4 is 0 Å². The Morgan fingerprint density at radius 1 is 1.08 bits per heavy atom. The first-order chi connectivity index (χ1) is 6.18. The highest BCUT2D eigenvalue weighted by atomic mass is 16.1. The minimum Gasteiger partial charge on any atom is -0.300 e. The molecule has 0 aliphatic heterocycles. The van der Waals surface area contributed by atoms with E-state index in [1.54, 1.807) is 6.92 Å². The molecule has 0 rings (SSSR count). The van der Waals surface area contributed by atoms with Crippen LogP contribution in [0.5, 0.6) is 0 Å². The van der Waals surface area contributed by atoms with Gasteiger partial charge in [-0.1, -0.05) is 52.4 Å². The summed E-state index contributed by atoms with van der Waals surface area (Å²) in [5, 5.41) is 0. The summed E-state index contributed by atoms with van der Waals surface area (Å²) in [4.78, 5) is 10.9. The van der Waals surface area contributed by atoms with Crippen molar-refractivity contribution in [3.63, 3.8) is 0 Å². The highest BCUT2D eigenvalue weighted by Gasteiger charge is 2.05. The number of ketones is 1. The lowest BCUT2D eigenvalue weighted by atomic mass is 9.99. The molecule has 0 amide bonds. The fourth-order valence-corrected chi connectivity index (χ4v) is 1.43. The van der Waals surface area contributed by atoms with E-state index < -0.39 is 0 Å². The van der Waals surface area contributed by atoms with Gasteiger partial charge < -0.3 is 0 Å². The summed E-state index contributed by atoms with van der Waals surface area (Å²) < 4.78 is 0. The standard InChI is InChI=1S/C12H24O/c1-4-5-6-7-8-9-10-11(2)12(3)13/h11H,4-10H2,1-3H3. The zero-order valence-electron chi connectivity index (χ0n) is 9.44. The molecule has 0 saturated carbocycles. The third kappa shape index (κ3) is 8.01. The second-order valence-electron chi connectivity index (χ2n) is 4.07. The van der Waals surface area contributed by atoms with E-state index in [0.717, 1.165) is 6.42 Å². The maximum atomic E-state index is 10.9. The lowest BCUT2D eigenvalue weighted by Gasteiger charge is -2.06. The fraction of sp³-hybridized carbons (Fsp3) is 0.917. The second kappa shape index (κ2) is 8.28. The molecule has 0 aromatic carbocycles. The van der Waals surface area contributed by atoms with Crippen molar-refractivity contribution in [2.45, 2.75) is 65.7 Å². The van der Waals surface area contributed by atoms with Crippen molar-refractivity contribution in [3.05, 3.63) is 0 Å². The van der Waals surface area contributed by atoms with Crippen molar-refractivity contribution < 1.29 is 4.79 Å². The summed E-state index contributed by atoms with van der Waals surface area (Å²) in [6.07, 6.45) is 9.00. The van der Waals surface area contributed by atoms with Gasteiger partial charge in [0.1, 0.15) is 5.78 Å². The number of carbonyl (C=O) groups excluding carboxylic acids is 1. The Morgan fingerprint density at radius 2 is 1.62 bits per heavy atom. The predicted octanol–water partition coefficient (Wildman–Crippen LogP) is 3.96. The number of hydrogen-bond donors (Lipinski definition) is 0. The van der Waals surface area contributed by atoms with Gasteiger partial charge in [0.2, 0.25) is 0 Å². The first-order valence-electron chi connectivity index (χ1n) is 5.69. The largest absolute Gasteiger partial charge is 0.300 e. The van der Waals surface area contributed by atoms with Crippen LogP contribution in [0.2, 0.25) is 0 Å². The maximum absolute atomic E-state index is 10.9. The highest BCUT2D eigenvalue weighted by Crippen LogP contribution is 2.12. The molecular weight excluding hydrogens is 160 g/mol. The fourth-order valence-electron chi connectivity index (χ4n) is 1.43. The molecule has 1 nitrogen and oxygen atoms in total. The lowest BCUT2D eigenvalue weighted by Crippen LogP contribution is -2.05. The molecule has 0 N–H and O–H groups in total. The van der Waals surface area contributed by atoms with E-state index in [1.807, 2.05) is 6.92 Å². The number of rotatable bonds is 8. The van der Waals surface area contributed by atoms with E-state index in [9.17, 15) is 4.79 Å². The summed E-state index contributed by atoms with van der Waals surface area (Å²) in [6, 6.07) is 0. The molecule has 1 atom stereocenters. The summed E-state index contributed by atoms with van der Waals surface area (Å²) in [5.41, 5.74) is 0. The van der Waals surface area contributed by atoms with Gasteiger partial charge in [-0.25, -0.2) is 0 Å². The van der Waals surface area contributed by atoms with Crippen molar-refractivity contribution in [1.29, 1.82) is 0 Å². The molecule has 0 aliphatic rings. The third-order valence-electron chi connectivity index (χ3n) is 2.68. The number of Topliss-reactive ketones (excluding diaryl/α,β-unsaturated/α-hetero) is 1. The Bertz CT molecular complexity index is 129. The molecule has 13 heavy (non-hydrogen) atoms. The van der Waals surface area contributed by atoms with Crippen molar-refractivity contribution in [2.24, 2.45) is 5.92 Å².